The Morgan fingerprint density at radius 1 is 1.11 bits per heavy atom. The highest BCUT2D eigenvalue weighted by atomic mass is 32.1. The predicted molar refractivity (Wildman–Crippen MR) is 112 cm³/mol. The van der Waals surface area contributed by atoms with Gasteiger partial charge in [0.05, 0.1) is 16.8 Å². The second-order valence-electron chi connectivity index (χ2n) is 6.92. The molecule has 4 rings (SSSR count). The highest BCUT2D eigenvalue weighted by Gasteiger charge is 2.20. The summed E-state index contributed by atoms with van der Waals surface area (Å²) in [5.74, 6) is 0.0937. The van der Waals surface area contributed by atoms with Crippen LogP contribution >= 0.6 is 11.3 Å². The van der Waals surface area contributed by atoms with E-state index in [-0.39, 0.29) is 5.91 Å². The standard InChI is InChI=1S/C22H23N3OS/c1-17-5-4-6-18(15-17)9-10-22(26)25-13-11-24(12-14-25)16-21-23-19-7-2-3-8-20(19)27-21/h2-10,15H,11-14,16H2,1H3/b10-9+. The number of hydrogen-bond acceptors (Lipinski definition) is 4. The molecule has 1 fully saturated rings. The first-order valence-electron chi connectivity index (χ1n) is 9.28. The van der Waals surface area contributed by atoms with E-state index in [0.29, 0.717) is 0 Å². The van der Waals surface area contributed by atoms with E-state index in [2.05, 4.69) is 42.2 Å². The average molecular weight is 378 g/mol. The molecule has 1 aliphatic heterocycles. The van der Waals surface area contributed by atoms with Gasteiger partial charge in [-0.25, -0.2) is 4.98 Å². The molecule has 138 valence electrons. The first-order chi connectivity index (χ1) is 13.2. The van der Waals surface area contributed by atoms with E-state index in [4.69, 9.17) is 4.98 Å². The van der Waals surface area contributed by atoms with E-state index in [1.54, 1.807) is 17.4 Å². The zero-order chi connectivity index (χ0) is 18.6. The Bertz CT molecular complexity index is 937. The average Bonchev–Trinajstić information content (AvgIpc) is 3.09. The predicted octanol–water partition coefficient (Wildman–Crippen LogP) is 3.96. The Kier molecular flexibility index (Phi) is 5.32. The van der Waals surface area contributed by atoms with Crippen molar-refractivity contribution in [1.82, 2.24) is 14.8 Å². The van der Waals surface area contributed by atoms with Crippen LogP contribution in [0.2, 0.25) is 0 Å². The third kappa shape index (κ3) is 4.43. The van der Waals surface area contributed by atoms with Gasteiger partial charge in [0.25, 0.3) is 0 Å². The Balaban J connectivity index is 1.31. The Morgan fingerprint density at radius 2 is 1.93 bits per heavy atom. The van der Waals surface area contributed by atoms with Gasteiger partial charge in [0, 0.05) is 32.3 Å². The number of aryl methyl sites for hydroxylation is 1. The normalized spacial score (nSPS) is 15.7. The summed E-state index contributed by atoms with van der Waals surface area (Å²) in [5, 5.41) is 1.15. The van der Waals surface area contributed by atoms with E-state index >= 15 is 0 Å². The molecule has 0 unspecified atom stereocenters. The minimum absolute atomic E-state index is 0.0937. The highest BCUT2D eigenvalue weighted by molar-refractivity contribution is 7.18. The first-order valence-corrected chi connectivity index (χ1v) is 10.1. The number of rotatable bonds is 4. The zero-order valence-corrected chi connectivity index (χ0v) is 16.3. The molecule has 0 bridgehead atoms. The minimum atomic E-state index is 0.0937. The molecular formula is C22H23N3OS. The smallest absolute Gasteiger partial charge is 0.246 e. The van der Waals surface area contributed by atoms with E-state index < -0.39 is 0 Å². The monoisotopic (exact) mass is 377 g/mol. The summed E-state index contributed by atoms with van der Waals surface area (Å²) in [6.07, 6.45) is 3.60. The van der Waals surface area contributed by atoms with E-state index in [9.17, 15) is 4.79 Å². The van der Waals surface area contributed by atoms with Crippen LogP contribution in [0.3, 0.4) is 0 Å². The van der Waals surface area contributed by atoms with Crippen molar-refractivity contribution >= 4 is 33.5 Å². The maximum Gasteiger partial charge on any atom is 0.246 e. The van der Waals surface area contributed by atoms with Crippen molar-refractivity contribution in [1.29, 1.82) is 0 Å². The molecule has 4 nitrogen and oxygen atoms in total. The van der Waals surface area contributed by atoms with Gasteiger partial charge in [-0.1, -0.05) is 42.0 Å². The number of carbonyl (C=O) groups excluding carboxylic acids is 1. The van der Waals surface area contributed by atoms with Gasteiger partial charge in [-0.05, 0) is 30.7 Å². The molecule has 27 heavy (non-hydrogen) atoms. The van der Waals surface area contributed by atoms with Crippen molar-refractivity contribution in [2.75, 3.05) is 26.2 Å². The van der Waals surface area contributed by atoms with Crippen molar-refractivity contribution in [3.05, 3.63) is 70.7 Å². The van der Waals surface area contributed by atoms with Crippen LogP contribution in [-0.4, -0.2) is 46.9 Å². The van der Waals surface area contributed by atoms with Gasteiger partial charge >= 0.3 is 0 Å². The van der Waals surface area contributed by atoms with E-state index in [0.717, 1.165) is 48.8 Å². The van der Waals surface area contributed by atoms with Gasteiger partial charge in [0.2, 0.25) is 5.91 Å². The molecule has 5 heteroatoms. The quantitative estimate of drug-likeness (QED) is 0.646. The maximum absolute atomic E-state index is 12.4. The first kappa shape index (κ1) is 17.9. The third-order valence-corrected chi connectivity index (χ3v) is 5.86. The van der Waals surface area contributed by atoms with Crippen molar-refractivity contribution in [3.63, 3.8) is 0 Å². The van der Waals surface area contributed by atoms with Gasteiger partial charge in [-0.15, -0.1) is 11.3 Å². The minimum Gasteiger partial charge on any atom is -0.337 e. The maximum atomic E-state index is 12.4. The molecule has 2 aromatic carbocycles. The fourth-order valence-corrected chi connectivity index (χ4v) is 4.36. The number of nitrogens with zero attached hydrogens (tertiary/aromatic N) is 3. The molecule has 0 N–H and O–H groups in total. The summed E-state index contributed by atoms with van der Waals surface area (Å²) in [7, 11) is 0. The van der Waals surface area contributed by atoms with Crippen molar-refractivity contribution < 1.29 is 4.79 Å². The summed E-state index contributed by atoms with van der Waals surface area (Å²) >= 11 is 1.76. The lowest BCUT2D eigenvalue weighted by molar-refractivity contribution is -0.127. The molecule has 1 amide bonds. The van der Waals surface area contributed by atoms with Crippen LogP contribution in [0.1, 0.15) is 16.1 Å². The topological polar surface area (TPSA) is 36.4 Å². The van der Waals surface area contributed by atoms with Crippen LogP contribution in [0.5, 0.6) is 0 Å². The molecule has 3 aromatic rings. The summed E-state index contributed by atoms with van der Waals surface area (Å²) in [6.45, 7) is 6.23. The fourth-order valence-electron chi connectivity index (χ4n) is 3.35. The number of amides is 1. The van der Waals surface area contributed by atoms with Crippen molar-refractivity contribution in [2.45, 2.75) is 13.5 Å². The van der Waals surface area contributed by atoms with E-state index in [1.165, 1.54) is 10.3 Å². The van der Waals surface area contributed by atoms with Crippen LogP contribution < -0.4 is 0 Å². The van der Waals surface area contributed by atoms with Gasteiger partial charge in [-0.3, -0.25) is 9.69 Å². The second kappa shape index (κ2) is 8.03. The highest BCUT2D eigenvalue weighted by Crippen LogP contribution is 2.23. The van der Waals surface area contributed by atoms with Crippen molar-refractivity contribution in [2.24, 2.45) is 0 Å². The number of thiazole rings is 1. The molecule has 0 saturated carbocycles. The molecule has 0 atom stereocenters. The van der Waals surface area contributed by atoms with Gasteiger partial charge in [0.15, 0.2) is 0 Å². The number of fused-ring (bicyclic) bond motifs is 1. The lowest BCUT2D eigenvalue weighted by atomic mass is 10.1. The number of aromatic nitrogens is 1. The number of hydrogen-bond donors (Lipinski definition) is 0. The van der Waals surface area contributed by atoms with Crippen LogP contribution in [0.25, 0.3) is 16.3 Å². The number of benzene rings is 2. The van der Waals surface area contributed by atoms with Crippen LogP contribution in [-0.2, 0) is 11.3 Å². The third-order valence-electron chi connectivity index (χ3n) is 4.84. The molecule has 1 aromatic heterocycles. The summed E-state index contributed by atoms with van der Waals surface area (Å²) < 4.78 is 1.24. The zero-order valence-electron chi connectivity index (χ0n) is 15.5. The van der Waals surface area contributed by atoms with E-state index in [1.807, 2.05) is 29.2 Å². The van der Waals surface area contributed by atoms with Crippen molar-refractivity contribution in [3.8, 4) is 0 Å². The van der Waals surface area contributed by atoms with Gasteiger partial charge in [0.1, 0.15) is 5.01 Å². The molecule has 1 saturated heterocycles. The van der Waals surface area contributed by atoms with Crippen LogP contribution in [0, 0.1) is 6.92 Å². The number of carbonyl (C=O) groups is 1. The van der Waals surface area contributed by atoms with Crippen LogP contribution in [0.15, 0.2) is 54.6 Å². The van der Waals surface area contributed by atoms with Gasteiger partial charge in [-0.2, -0.15) is 0 Å². The lowest BCUT2D eigenvalue weighted by Gasteiger charge is -2.33. The summed E-state index contributed by atoms with van der Waals surface area (Å²) in [4.78, 5) is 21.5. The molecule has 2 heterocycles. The largest absolute Gasteiger partial charge is 0.337 e. The Labute approximate surface area is 163 Å². The molecule has 0 aliphatic carbocycles. The van der Waals surface area contributed by atoms with Crippen LogP contribution in [0.4, 0.5) is 0 Å². The summed E-state index contributed by atoms with van der Waals surface area (Å²) in [5.41, 5.74) is 3.35. The SMILES string of the molecule is Cc1cccc(/C=C/C(=O)N2CCN(Cc3nc4ccccc4s3)CC2)c1. The van der Waals surface area contributed by atoms with Gasteiger partial charge < -0.3 is 4.90 Å². The Hall–Kier alpha value is -2.50. The molecule has 0 spiro atoms. The second-order valence-corrected chi connectivity index (χ2v) is 8.04. The number of piperazine rings is 1. The molecule has 0 radical (unpaired) electrons. The fraction of sp³-hybridized carbons (Fsp3) is 0.273. The summed E-state index contributed by atoms with van der Waals surface area (Å²) in [6, 6.07) is 16.4. The lowest BCUT2D eigenvalue weighted by Crippen LogP contribution is -2.47. The molecular weight excluding hydrogens is 354 g/mol. The molecule has 1 aliphatic rings. The Morgan fingerprint density at radius 3 is 2.70 bits per heavy atom. The number of para-hydroxylation sites is 1.